The van der Waals surface area contributed by atoms with Crippen LogP contribution in [0.3, 0.4) is 0 Å². The van der Waals surface area contributed by atoms with Gasteiger partial charge in [0.05, 0.1) is 30.0 Å². The second kappa shape index (κ2) is 7.92. The Kier molecular flexibility index (Phi) is 4.82. The molecule has 0 bridgehead atoms. The Morgan fingerprint density at radius 2 is 1.80 bits per heavy atom. The molecule has 4 aromatic rings. The molecule has 0 radical (unpaired) electrons. The number of anilines is 4. The number of hydrogen-bond acceptors (Lipinski definition) is 8. The maximum atomic E-state index is 6.14. The normalized spacial score (nSPS) is 14.1. The predicted octanol–water partition coefficient (Wildman–Crippen LogP) is 3.25. The van der Waals surface area contributed by atoms with E-state index < -0.39 is 0 Å². The number of hydrogen-bond donors (Lipinski definition) is 2. The molecular formula is C22H21N7O. The van der Waals surface area contributed by atoms with E-state index in [1.165, 1.54) is 6.33 Å². The fourth-order valence-electron chi connectivity index (χ4n) is 3.53. The third-order valence-electron chi connectivity index (χ3n) is 5.06. The Labute approximate surface area is 173 Å². The predicted molar refractivity (Wildman–Crippen MR) is 118 cm³/mol. The van der Waals surface area contributed by atoms with Crippen molar-refractivity contribution in [2.45, 2.75) is 0 Å². The average Bonchev–Trinajstić information content (AvgIpc) is 2.80. The number of pyridine rings is 2. The van der Waals surface area contributed by atoms with E-state index in [2.05, 4.69) is 25.2 Å². The summed E-state index contributed by atoms with van der Waals surface area (Å²) in [5.41, 5.74) is 10.1. The van der Waals surface area contributed by atoms with Gasteiger partial charge in [-0.1, -0.05) is 18.2 Å². The van der Waals surface area contributed by atoms with E-state index in [0.717, 1.165) is 54.8 Å². The summed E-state index contributed by atoms with van der Waals surface area (Å²) in [5.74, 6) is 1.33. The highest BCUT2D eigenvalue weighted by atomic mass is 16.5. The number of nitrogens with one attached hydrogen (secondary N) is 1. The van der Waals surface area contributed by atoms with Crippen LogP contribution in [0.15, 0.2) is 61.1 Å². The molecule has 5 rings (SSSR count). The molecule has 0 aliphatic carbocycles. The third kappa shape index (κ3) is 3.60. The summed E-state index contributed by atoms with van der Waals surface area (Å²) in [6, 6.07) is 15.9. The Balaban J connectivity index is 1.54. The Morgan fingerprint density at radius 3 is 2.57 bits per heavy atom. The van der Waals surface area contributed by atoms with Crippen LogP contribution in [0, 0.1) is 0 Å². The molecule has 8 nitrogen and oxygen atoms in total. The SMILES string of the molecule is Nc1ncnc2nc(-c3ccc(N4CCOCC4)nc3)cc(Nc3ccccc3)c12. The number of rotatable bonds is 4. The minimum absolute atomic E-state index is 0.387. The number of benzene rings is 1. The highest BCUT2D eigenvalue weighted by molar-refractivity contribution is 5.99. The summed E-state index contributed by atoms with van der Waals surface area (Å²) in [4.78, 5) is 20.0. The molecule has 3 aromatic heterocycles. The van der Waals surface area contributed by atoms with Crippen LogP contribution in [0.1, 0.15) is 0 Å². The maximum absolute atomic E-state index is 6.14. The number of nitrogens with zero attached hydrogens (tertiary/aromatic N) is 5. The first-order valence-electron chi connectivity index (χ1n) is 9.80. The van der Waals surface area contributed by atoms with E-state index in [4.69, 9.17) is 15.5 Å². The molecule has 0 saturated carbocycles. The minimum Gasteiger partial charge on any atom is -0.383 e. The van der Waals surface area contributed by atoms with Crippen LogP contribution in [0.25, 0.3) is 22.3 Å². The molecule has 1 aliphatic heterocycles. The number of fused-ring (bicyclic) bond motifs is 1. The van der Waals surface area contributed by atoms with E-state index in [9.17, 15) is 0 Å². The second-order valence-electron chi connectivity index (χ2n) is 7.01. The van der Waals surface area contributed by atoms with Gasteiger partial charge in [-0.05, 0) is 30.3 Å². The molecule has 4 heterocycles. The van der Waals surface area contributed by atoms with E-state index in [1.807, 2.05) is 54.7 Å². The van der Waals surface area contributed by atoms with Gasteiger partial charge in [0.2, 0.25) is 0 Å². The first-order chi connectivity index (χ1) is 14.8. The van der Waals surface area contributed by atoms with Crippen molar-refractivity contribution in [3.8, 4) is 11.3 Å². The number of nitrogen functional groups attached to an aromatic ring is 1. The third-order valence-corrected chi connectivity index (χ3v) is 5.06. The standard InChI is InChI=1S/C22H21N7O/c23-21-20-18(27-16-4-2-1-3-5-16)12-17(28-22(20)26-14-25-21)15-6-7-19(24-13-15)29-8-10-30-11-9-29/h1-7,12-14H,8-11H2,(H3,23,25,26,27,28). The van der Waals surface area contributed by atoms with Crippen LogP contribution >= 0.6 is 0 Å². The average molecular weight is 399 g/mol. The number of ether oxygens (including phenoxy) is 1. The summed E-state index contributed by atoms with van der Waals surface area (Å²) < 4.78 is 5.42. The monoisotopic (exact) mass is 399 g/mol. The largest absolute Gasteiger partial charge is 0.383 e. The smallest absolute Gasteiger partial charge is 0.167 e. The summed E-state index contributed by atoms with van der Waals surface area (Å²) in [7, 11) is 0. The van der Waals surface area contributed by atoms with Crippen LogP contribution in [-0.2, 0) is 4.74 Å². The number of nitrogens with two attached hydrogens (primary N) is 1. The maximum Gasteiger partial charge on any atom is 0.167 e. The fraction of sp³-hybridized carbons (Fsp3) is 0.182. The van der Waals surface area contributed by atoms with Gasteiger partial charge in [-0.3, -0.25) is 0 Å². The van der Waals surface area contributed by atoms with Crippen LogP contribution < -0.4 is 16.0 Å². The molecular weight excluding hydrogens is 378 g/mol. The first-order valence-corrected chi connectivity index (χ1v) is 9.80. The van der Waals surface area contributed by atoms with Crippen molar-refractivity contribution in [2.24, 2.45) is 0 Å². The van der Waals surface area contributed by atoms with Crippen molar-refractivity contribution < 1.29 is 4.74 Å². The quantitative estimate of drug-likeness (QED) is 0.539. The molecule has 3 N–H and O–H groups in total. The van der Waals surface area contributed by atoms with Crippen LogP contribution in [0.5, 0.6) is 0 Å². The Hall–Kier alpha value is -3.78. The summed E-state index contributed by atoms with van der Waals surface area (Å²) in [6.07, 6.45) is 3.27. The topological polar surface area (TPSA) is 102 Å². The molecule has 30 heavy (non-hydrogen) atoms. The van der Waals surface area contributed by atoms with Crippen LogP contribution in [0.4, 0.5) is 23.0 Å². The van der Waals surface area contributed by atoms with Gasteiger partial charge in [-0.15, -0.1) is 0 Å². The Morgan fingerprint density at radius 1 is 0.967 bits per heavy atom. The molecule has 1 saturated heterocycles. The van der Waals surface area contributed by atoms with E-state index in [-0.39, 0.29) is 0 Å². The number of morpholine rings is 1. The zero-order valence-corrected chi connectivity index (χ0v) is 16.3. The first kappa shape index (κ1) is 18.3. The number of para-hydroxylation sites is 1. The van der Waals surface area contributed by atoms with E-state index in [1.54, 1.807) is 0 Å². The highest BCUT2D eigenvalue weighted by Crippen LogP contribution is 2.32. The lowest BCUT2D eigenvalue weighted by atomic mass is 10.1. The fourth-order valence-corrected chi connectivity index (χ4v) is 3.53. The van der Waals surface area contributed by atoms with Gasteiger partial charge in [0.25, 0.3) is 0 Å². The second-order valence-corrected chi connectivity index (χ2v) is 7.01. The molecule has 8 heteroatoms. The van der Waals surface area contributed by atoms with Crippen molar-refractivity contribution in [1.82, 2.24) is 19.9 Å². The molecule has 1 fully saturated rings. The zero-order valence-electron chi connectivity index (χ0n) is 16.3. The van der Waals surface area contributed by atoms with Crippen molar-refractivity contribution in [1.29, 1.82) is 0 Å². The van der Waals surface area contributed by atoms with Crippen molar-refractivity contribution in [3.63, 3.8) is 0 Å². The van der Waals surface area contributed by atoms with Gasteiger partial charge in [0, 0.05) is 30.5 Å². The molecule has 0 atom stereocenters. The molecule has 0 amide bonds. The molecule has 1 aliphatic rings. The van der Waals surface area contributed by atoms with Gasteiger partial charge in [-0.2, -0.15) is 0 Å². The summed E-state index contributed by atoms with van der Waals surface area (Å²) in [5, 5.41) is 4.12. The van der Waals surface area contributed by atoms with Crippen molar-refractivity contribution in [2.75, 3.05) is 42.3 Å². The lowest BCUT2D eigenvalue weighted by Crippen LogP contribution is -2.36. The van der Waals surface area contributed by atoms with Crippen LogP contribution in [0.2, 0.25) is 0 Å². The molecule has 1 aromatic carbocycles. The van der Waals surface area contributed by atoms with Crippen LogP contribution in [-0.4, -0.2) is 46.2 Å². The van der Waals surface area contributed by atoms with Gasteiger partial charge >= 0.3 is 0 Å². The molecule has 0 spiro atoms. The zero-order chi connectivity index (χ0) is 20.3. The Bertz CT molecular complexity index is 1160. The lowest BCUT2D eigenvalue weighted by molar-refractivity contribution is 0.122. The lowest BCUT2D eigenvalue weighted by Gasteiger charge is -2.27. The van der Waals surface area contributed by atoms with Gasteiger partial charge in [0.1, 0.15) is 18.0 Å². The minimum atomic E-state index is 0.387. The van der Waals surface area contributed by atoms with Gasteiger partial charge < -0.3 is 20.7 Å². The molecule has 0 unspecified atom stereocenters. The van der Waals surface area contributed by atoms with Gasteiger partial charge in [0.15, 0.2) is 5.65 Å². The summed E-state index contributed by atoms with van der Waals surface area (Å²) >= 11 is 0. The van der Waals surface area contributed by atoms with Gasteiger partial charge in [-0.25, -0.2) is 19.9 Å². The van der Waals surface area contributed by atoms with E-state index >= 15 is 0 Å². The van der Waals surface area contributed by atoms with Crippen molar-refractivity contribution in [3.05, 3.63) is 61.1 Å². The van der Waals surface area contributed by atoms with E-state index in [0.29, 0.717) is 16.9 Å². The summed E-state index contributed by atoms with van der Waals surface area (Å²) in [6.45, 7) is 3.15. The molecule has 150 valence electrons. The highest BCUT2D eigenvalue weighted by Gasteiger charge is 2.15. The van der Waals surface area contributed by atoms with Crippen molar-refractivity contribution >= 4 is 34.0 Å². The number of aromatic nitrogens is 4.